The first-order valence-electron chi connectivity index (χ1n) is 15.7. The molecule has 0 saturated carbocycles. The van der Waals surface area contributed by atoms with Crippen LogP contribution in [0, 0.1) is 5.92 Å². The number of aliphatic hydroxyl groups excluding tert-OH is 1. The second-order valence-electron chi connectivity index (χ2n) is 12.2. The van der Waals surface area contributed by atoms with Crippen molar-refractivity contribution >= 4 is 43.2 Å². The summed E-state index contributed by atoms with van der Waals surface area (Å²) in [6.07, 6.45) is 3.93. The van der Waals surface area contributed by atoms with Gasteiger partial charge in [-0.3, -0.25) is 9.52 Å². The topological polar surface area (TPSA) is 160 Å². The fraction of sp³-hybridized carbons (Fsp3) is 0.500. The Kier molecular flexibility index (Phi) is 12.5. The molecular weight excluding hydrogens is 682 g/mol. The number of aliphatic hydroxyl groups is 1. The van der Waals surface area contributed by atoms with Gasteiger partial charge in [0.15, 0.2) is 5.03 Å². The van der Waals surface area contributed by atoms with E-state index in [2.05, 4.69) is 9.71 Å². The molecule has 16 heteroatoms. The SMILES string of the molecule is C[C@@H]1CCCCO[C@H](CN(C)S(=O)(=O)c2ccc(Cl)cc2)[C@H](C)CN([C@@H](C)CO)C(=O)c2cc(NS(=O)(=O)c3cn(C)cn3)ccc2O1. The van der Waals surface area contributed by atoms with Gasteiger partial charge in [0.05, 0.1) is 41.6 Å². The number of benzene rings is 2. The van der Waals surface area contributed by atoms with Gasteiger partial charge in [-0.2, -0.15) is 12.7 Å². The van der Waals surface area contributed by atoms with Gasteiger partial charge in [-0.05, 0) is 75.6 Å². The molecule has 0 aliphatic carbocycles. The molecule has 0 fully saturated rings. The molecule has 264 valence electrons. The number of imidazole rings is 1. The summed E-state index contributed by atoms with van der Waals surface area (Å²) in [6, 6.07) is 9.76. The summed E-state index contributed by atoms with van der Waals surface area (Å²) in [5, 5.41) is 10.4. The van der Waals surface area contributed by atoms with Gasteiger partial charge in [0.2, 0.25) is 10.0 Å². The van der Waals surface area contributed by atoms with Gasteiger partial charge in [-0.15, -0.1) is 0 Å². The van der Waals surface area contributed by atoms with Gasteiger partial charge in [-0.25, -0.2) is 13.4 Å². The lowest BCUT2D eigenvalue weighted by Gasteiger charge is -2.35. The van der Waals surface area contributed by atoms with Crippen LogP contribution in [0.4, 0.5) is 5.69 Å². The van der Waals surface area contributed by atoms with Crippen molar-refractivity contribution in [2.75, 3.05) is 38.1 Å². The van der Waals surface area contributed by atoms with E-state index in [0.29, 0.717) is 24.5 Å². The molecule has 1 amide bonds. The number of rotatable bonds is 9. The molecule has 0 saturated heterocycles. The normalized spacial score (nSPS) is 20.9. The predicted molar refractivity (Wildman–Crippen MR) is 182 cm³/mol. The summed E-state index contributed by atoms with van der Waals surface area (Å²) in [4.78, 5) is 19.8. The predicted octanol–water partition coefficient (Wildman–Crippen LogP) is 3.99. The molecule has 13 nitrogen and oxygen atoms in total. The zero-order valence-corrected chi connectivity index (χ0v) is 30.1. The Morgan fingerprint density at radius 2 is 1.83 bits per heavy atom. The van der Waals surface area contributed by atoms with Crippen LogP contribution in [0.2, 0.25) is 5.02 Å². The smallest absolute Gasteiger partial charge is 0.280 e. The number of carbonyl (C=O) groups excluding carboxylic acids is 1. The van der Waals surface area contributed by atoms with E-state index in [9.17, 15) is 26.7 Å². The molecule has 2 N–H and O–H groups in total. The summed E-state index contributed by atoms with van der Waals surface area (Å²) in [6.45, 7) is 5.56. The molecule has 3 aromatic rings. The van der Waals surface area contributed by atoms with Gasteiger partial charge in [0, 0.05) is 56.6 Å². The van der Waals surface area contributed by atoms with Crippen LogP contribution in [0.3, 0.4) is 0 Å². The van der Waals surface area contributed by atoms with E-state index >= 15 is 0 Å². The molecule has 0 bridgehead atoms. The fourth-order valence-electron chi connectivity index (χ4n) is 5.32. The standard InChI is InChI=1S/C32H44ClN5O8S2/c1-22-17-38(23(2)20-39)32(40)28-16-26(35-47(41,42)31-19-36(4)21-34-31)11-14-29(28)46-24(3)8-6-7-15-45-30(22)18-37(5)48(43,44)27-12-9-25(33)10-13-27/h9-14,16,19,21-24,30,35,39H,6-8,15,17-18,20H2,1-5H3/t22-,23+,24-,30-/m1/s1. The minimum absolute atomic E-state index is 0.0111. The van der Waals surface area contributed by atoms with Crippen LogP contribution in [0.5, 0.6) is 5.75 Å². The van der Waals surface area contributed by atoms with E-state index in [1.807, 2.05) is 13.8 Å². The highest BCUT2D eigenvalue weighted by molar-refractivity contribution is 7.92. The largest absolute Gasteiger partial charge is 0.490 e. The summed E-state index contributed by atoms with van der Waals surface area (Å²) in [5.74, 6) is -0.611. The molecule has 4 rings (SSSR count). The number of hydrogen-bond acceptors (Lipinski definition) is 9. The number of nitrogens with one attached hydrogen (secondary N) is 1. The monoisotopic (exact) mass is 725 g/mol. The molecule has 0 radical (unpaired) electrons. The number of likely N-dealkylation sites (N-methyl/N-ethyl adjacent to an activating group) is 1. The number of aromatic nitrogens is 2. The van der Waals surface area contributed by atoms with Crippen molar-refractivity contribution in [3.05, 3.63) is 65.6 Å². The number of nitrogens with zero attached hydrogens (tertiary/aromatic N) is 4. The highest BCUT2D eigenvalue weighted by Gasteiger charge is 2.32. The lowest BCUT2D eigenvalue weighted by molar-refractivity contribution is -0.00833. The van der Waals surface area contributed by atoms with Crippen LogP contribution < -0.4 is 9.46 Å². The number of halogens is 1. The minimum Gasteiger partial charge on any atom is -0.490 e. The van der Waals surface area contributed by atoms with Crippen molar-refractivity contribution in [2.24, 2.45) is 13.0 Å². The third-order valence-electron chi connectivity index (χ3n) is 8.22. The van der Waals surface area contributed by atoms with Crippen molar-refractivity contribution in [2.45, 2.75) is 68.2 Å². The lowest BCUT2D eigenvalue weighted by atomic mass is 10.0. The highest BCUT2D eigenvalue weighted by atomic mass is 35.5. The number of amides is 1. The van der Waals surface area contributed by atoms with E-state index in [-0.39, 0.29) is 58.6 Å². The Bertz CT molecular complexity index is 1770. The molecule has 2 heterocycles. The Balaban J connectivity index is 1.67. The number of aryl methyl sites for hydroxylation is 1. The Morgan fingerprint density at radius 3 is 2.48 bits per heavy atom. The molecule has 1 aliphatic heterocycles. The second kappa shape index (κ2) is 16.0. The molecule has 2 aromatic carbocycles. The number of carbonyl (C=O) groups is 1. The summed E-state index contributed by atoms with van der Waals surface area (Å²) >= 11 is 5.97. The van der Waals surface area contributed by atoms with Crippen molar-refractivity contribution in [1.29, 1.82) is 0 Å². The van der Waals surface area contributed by atoms with Gasteiger partial charge in [0.1, 0.15) is 5.75 Å². The van der Waals surface area contributed by atoms with Crippen LogP contribution in [-0.2, 0) is 31.8 Å². The highest BCUT2D eigenvalue weighted by Crippen LogP contribution is 2.30. The second-order valence-corrected chi connectivity index (χ2v) is 16.3. The number of hydrogen-bond donors (Lipinski definition) is 2. The number of fused-ring (bicyclic) bond motifs is 1. The molecular formula is C32H44ClN5O8S2. The van der Waals surface area contributed by atoms with E-state index in [1.165, 1.54) is 69.7 Å². The first kappa shape index (κ1) is 37.6. The maximum absolute atomic E-state index is 14.3. The zero-order valence-electron chi connectivity index (χ0n) is 27.7. The fourth-order valence-corrected chi connectivity index (χ4v) is 7.66. The van der Waals surface area contributed by atoms with Crippen LogP contribution >= 0.6 is 11.6 Å². The van der Waals surface area contributed by atoms with Crippen molar-refractivity contribution in [3.63, 3.8) is 0 Å². The van der Waals surface area contributed by atoms with Gasteiger partial charge >= 0.3 is 0 Å². The number of sulfonamides is 2. The van der Waals surface area contributed by atoms with Crippen molar-refractivity contribution in [3.8, 4) is 5.75 Å². The van der Waals surface area contributed by atoms with Gasteiger partial charge < -0.3 is 24.0 Å². The van der Waals surface area contributed by atoms with E-state index in [1.54, 1.807) is 20.0 Å². The molecule has 1 aromatic heterocycles. The molecule has 0 spiro atoms. The Morgan fingerprint density at radius 1 is 1.12 bits per heavy atom. The quantitative estimate of drug-likeness (QED) is 0.333. The maximum Gasteiger partial charge on any atom is 0.280 e. The molecule has 48 heavy (non-hydrogen) atoms. The average molecular weight is 726 g/mol. The molecule has 1 aliphatic rings. The summed E-state index contributed by atoms with van der Waals surface area (Å²) < 4.78 is 70.6. The van der Waals surface area contributed by atoms with Crippen LogP contribution in [-0.4, -0.2) is 98.2 Å². The Hall–Kier alpha value is -3.21. The molecule has 4 atom stereocenters. The third kappa shape index (κ3) is 9.27. The molecule has 0 unspecified atom stereocenters. The zero-order chi connectivity index (χ0) is 35.2. The van der Waals surface area contributed by atoms with E-state index in [4.69, 9.17) is 21.1 Å². The Labute approximate surface area is 287 Å². The minimum atomic E-state index is -4.06. The summed E-state index contributed by atoms with van der Waals surface area (Å²) in [5.41, 5.74) is 0.234. The average Bonchev–Trinajstić information content (AvgIpc) is 3.49. The van der Waals surface area contributed by atoms with Gasteiger partial charge in [0.25, 0.3) is 15.9 Å². The van der Waals surface area contributed by atoms with E-state index < -0.39 is 38.1 Å². The van der Waals surface area contributed by atoms with Crippen molar-refractivity contribution in [1.82, 2.24) is 18.8 Å². The number of anilines is 1. The maximum atomic E-state index is 14.3. The van der Waals surface area contributed by atoms with Crippen molar-refractivity contribution < 1.29 is 36.2 Å². The first-order chi connectivity index (χ1) is 22.6. The van der Waals surface area contributed by atoms with Crippen LogP contribution in [0.1, 0.15) is 50.4 Å². The first-order valence-corrected chi connectivity index (χ1v) is 19.0. The van der Waals surface area contributed by atoms with Crippen LogP contribution in [0.25, 0.3) is 0 Å². The van der Waals surface area contributed by atoms with Crippen LogP contribution in [0.15, 0.2) is 64.9 Å². The lowest BCUT2D eigenvalue weighted by Crippen LogP contribution is -2.48. The van der Waals surface area contributed by atoms with E-state index in [0.717, 1.165) is 6.42 Å². The number of ether oxygens (including phenoxy) is 2. The third-order valence-corrected chi connectivity index (χ3v) is 11.6. The van der Waals surface area contributed by atoms with Gasteiger partial charge in [-0.1, -0.05) is 18.5 Å². The summed E-state index contributed by atoms with van der Waals surface area (Å²) in [7, 11) is -4.80.